The standard InChI is InChI=1S/C20H25N3O3/c1-3-26-18-13-16(6-7-17(18)25-2)20(24)22-14-15-8-9-21-19(12-15)23-10-4-5-11-23/h6-9,12-13H,3-5,10-11,14H2,1-2H3,(H,22,24). The van der Waals surface area contributed by atoms with E-state index in [1.54, 1.807) is 31.5 Å². The second-order valence-electron chi connectivity index (χ2n) is 6.20. The topological polar surface area (TPSA) is 63.7 Å². The number of anilines is 1. The van der Waals surface area contributed by atoms with Gasteiger partial charge in [0, 0.05) is 31.4 Å². The number of nitrogens with one attached hydrogen (secondary N) is 1. The first-order valence-electron chi connectivity index (χ1n) is 9.00. The van der Waals surface area contributed by atoms with Gasteiger partial charge >= 0.3 is 0 Å². The van der Waals surface area contributed by atoms with Crippen molar-refractivity contribution in [2.75, 3.05) is 31.7 Å². The number of carbonyl (C=O) groups excluding carboxylic acids is 1. The predicted molar refractivity (Wildman–Crippen MR) is 101 cm³/mol. The average molecular weight is 355 g/mol. The highest BCUT2D eigenvalue weighted by Gasteiger charge is 2.14. The van der Waals surface area contributed by atoms with Gasteiger partial charge in [-0.25, -0.2) is 4.98 Å². The molecule has 0 unspecified atom stereocenters. The molecular weight excluding hydrogens is 330 g/mol. The summed E-state index contributed by atoms with van der Waals surface area (Å²) < 4.78 is 10.8. The minimum absolute atomic E-state index is 0.145. The van der Waals surface area contributed by atoms with Gasteiger partial charge in [-0.3, -0.25) is 4.79 Å². The van der Waals surface area contributed by atoms with Gasteiger partial charge in [0.1, 0.15) is 5.82 Å². The van der Waals surface area contributed by atoms with Gasteiger partial charge in [0.05, 0.1) is 13.7 Å². The van der Waals surface area contributed by atoms with Crippen LogP contribution in [0.5, 0.6) is 11.5 Å². The van der Waals surface area contributed by atoms with Gasteiger partial charge in [0.25, 0.3) is 5.91 Å². The van der Waals surface area contributed by atoms with E-state index in [0.29, 0.717) is 30.2 Å². The maximum atomic E-state index is 12.5. The van der Waals surface area contributed by atoms with E-state index in [0.717, 1.165) is 24.5 Å². The van der Waals surface area contributed by atoms with Gasteiger partial charge in [0.2, 0.25) is 0 Å². The van der Waals surface area contributed by atoms with Crippen molar-refractivity contribution in [3.63, 3.8) is 0 Å². The molecule has 6 heteroatoms. The highest BCUT2D eigenvalue weighted by atomic mass is 16.5. The lowest BCUT2D eigenvalue weighted by Gasteiger charge is -2.17. The summed E-state index contributed by atoms with van der Waals surface area (Å²) in [7, 11) is 1.58. The Morgan fingerprint density at radius 3 is 2.73 bits per heavy atom. The molecule has 138 valence electrons. The van der Waals surface area contributed by atoms with Gasteiger partial charge in [-0.1, -0.05) is 0 Å². The summed E-state index contributed by atoms with van der Waals surface area (Å²) in [5.41, 5.74) is 1.58. The van der Waals surface area contributed by atoms with E-state index in [4.69, 9.17) is 9.47 Å². The van der Waals surface area contributed by atoms with Crippen LogP contribution in [0.15, 0.2) is 36.5 Å². The first-order chi connectivity index (χ1) is 12.7. The molecule has 26 heavy (non-hydrogen) atoms. The summed E-state index contributed by atoms with van der Waals surface area (Å²) in [4.78, 5) is 19.2. The largest absolute Gasteiger partial charge is 0.493 e. The van der Waals surface area contributed by atoms with Crippen LogP contribution in [0.1, 0.15) is 35.7 Å². The Labute approximate surface area is 154 Å². The third kappa shape index (κ3) is 4.25. The molecule has 3 rings (SSSR count). The van der Waals surface area contributed by atoms with Crippen LogP contribution in [0.3, 0.4) is 0 Å². The average Bonchev–Trinajstić information content (AvgIpc) is 3.21. The van der Waals surface area contributed by atoms with Crippen molar-refractivity contribution in [3.8, 4) is 11.5 Å². The zero-order valence-corrected chi connectivity index (χ0v) is 15.3. The molecule has 2 aromatic rings. The van der Waals surface area contributed by atoms with Crippen molar-refractivity contribution in [2.45, 2.75) is 26.3 Å². The van der Waals surface area contributed by atoms with Crippen LogP contribution in [-0.2, 0) is 6.54 Å². The molecule has 0 radical (unpaired) electrons. The maximum Gasteiger partial charge on any atom is 0.251 e. The second kappa shape index (κ2) is 8.56. The Morgan fingerprint density at radius 1 is 1.19 bits per heavy atom. The summed E-state index contributed by atoms with van der Waals surface area (Å²) in [6, 6.07) is 9.17. The Kier molecular flexibility index (Phi) is 5.94. The summed E-state index contributed by atoms with van der Waals surface area (Å²) >= 11 is 0. The fourth-order valence-electron chi connectivity index (χ4n) is 3.06. The van der Waals surface area contributed by atoms with Crippen LogP contribution in [0, 0.1) is 0 Å². The molecule has 0 aliphatic carbocycles. The molecule has 0 bridgehead atoms. The van der Waals surface area contributed by atoms with Crippen molar-refractivity contribution in [2.24, 2.45) is 0 Å². The first kappa shape index (κ1) is 18.0. The second-order valence-corrected chi connectivity index (χ2v) is 6.20. The first-order valence-corrected chi connectivity index (χ1v) is 9.00. The molecule has 1 aromatic carbocycles. The van der Waals surface area contributed by atoms with Crippen molar-refractivity contribution in [1.29, 1.82) is 0 Å². The lowest BCUT2D eigenvalue weighted by atomic mass is 10.1. The highest BCUT2D eigenvalue weighted by molar-refractivity contribution is 5.94. The monoisotopic (exact) mass is 355 g/mol. The molecule has 1 saturated heterocycles. The van der Waals surface area contributed by atoms with Crippen molar-refractivity contribution >= 4 is 11.7 Å². The SMILES string of the molecule is CCOc1cc(C(=O)NCc2ccnc(N3CCCC3)c2)ccc1OC. The minimum atomic E-state index is -0.145. The molecule has 0 atom stereocenters. The van der Waals surface area contributed by atoms with Crippen molar-refractivity contribution < 1.29 is 14.3 Å². The molecule has 1 N–H and O–H groups in total. The number of nitrogens with zero attached hydrogens (tertiary/aromatic N) is 2. The van der Waals surface area contributed by atoms with E-state index < -0.39 is 0 Å². The van der Waals surface area contributed by atoms with Crippen LogP contribution >= 0.6 is 0 Å². The van der Waals surface area contributed by atoms with Gasteiger partial charge in [-0.2, -0.15) is 0 Å². The Bertz CT molecular complexity index is 758. The Morgan fingerprint density at radius 2 is 2.00 bits per heavy atom. The lowest BCUT2D eigenvalue weighted by Crippen LogP contribution is -2.23. The van der Waals surface area contributed by atoms with Gasteiger partial charge in [0.15, 0.2) is 11.5 Å². The van der Waals surface area contributed by atoms with E-state index in [2.05, 4.69) is 15.2 Å². The van der Waals surface area contributed by atoms with E-state index in [1.807, 2.05) is 19.1 Å². The number of amides is 1. The number of hydrogen-bond acceptors (Lipinski definition) is 5. The van der Waals surface area contributed by atoms with Crippen LogP contribution in [0.4, 0.5) is 5.82 Å². The summed E-state index contributed by atoms with van der Waals surface area (Å²) in [6.45, 7) is 4.97. The van der Waals surface area contributed by atoms with Gasteiger partial charge < -0.3 is 19.7 Å². The van der Waals surface area contributed by atoms with Crippen LogP contribution < -0.4 is 19.7 Å². The van der Waals surface area contributed by atoms with E-state index in [-0.39, 0.29) is 5.91 Å². The quantitative estimate of drug-likeness (QED) is 0.827. The van der Waals surface area contributed by atoms with Gasteiger partial charge in [-0.15, -0.1) is 0 Å². The molecule has 0 saturated carbocycles. The van der Waals surface area contributed by atoms with Crippen LogP contribution in [0.25, 0.3) is 0 Å². The van der Waals surface area contributed by atoms with E-state index in [1.165, 1.54) is 12.8 Å². The zero-order chi connectivity index (χ0) is 18.4. The number of pyridine rings is 1. The summed E-state index contributed by atoms with van der Waals surface area (Å²) in [5, 5.41) is 2.96. The molecule has 1 aliphatic rings. The van der Waals surface area contributed by atoms with Crippen molar-refractivity contribution in [1.82, 2.24) is 10.3 Å². The molecule has 1 aromatic heterocycles. The fraction of sp³-hybridized carbons (Fsp3) is 0.400. The minimum Gasteiger partial charge on any atom is -0.493 e. The number of ether oxygens (including phenoxy) is 2. The molecule has 0 spiro atoms. The molecule has 1 amide bonds. The lowest BCUT2D eigenvalue weighted by molar-refractivity contribution is 0.0950. The number of methoxy groups -OCH3 is 1. The van der Waals surface area contributed by atoms with Crippen LogP contribution in [-0.4, -0.2) is 37.7 Å². The number of carbonyl (C=O) groups is 1. The fourth-order valence-corrected chi connectivity index (χ4v) is 3.06. The van der Waals surface area contributed by atoms with E-state index in [9.17, 15) is 4.79 Å². The van der Waals surface area contributed by atoms with Crippen LogP contribution in [0.2, 0.25) is 0 Å². The number of hydrogen-bond donors (Lipinski definition) is 1. The molecular formula is C20H25N3O3. The number of benzene rings is 1. The van der Waals surface area contributed by atoms with E-state index >= 15 is 0 Å². The van der Waals surface area contributed by atoms with Crippen molar-refractivity contribution in [3.05, 3.63) is 47.7 Å². The molecule has 2 heterocycles. The zero-order valence-electron chi connectivity index (χ0n) is 15.3. The normalized spacial score (nSPS) is 13.5. The maximum absolute atomic E-state index is 12.5. The smallest absolute Gasteiger partial charge is 0.251 e. The highest BCUT2D eigenvalue weighted by Crippen LogP contribution is 2.28. The third-order valence-electron chi connectivity index (χ3n) is 4.42. The van der Waals surface area contributed by atoms with Gasteiger partial charge in [-0.05, 0) is 55.7 Å². The Hall–Kier alpha value is -2.76. The Balaban J connectivity index is 1.65. The number of aromatic nitrogens is 1. The molecule has 1 fully saturated rings. The third-order valence-corrected chi connectivity index (χ3v) is 4.42. The number of rotatable bonds is 7. The summed E-state index contributed by atoms with van der Waals surface area (Å²) in [6.07, 6.45) is 4.22. The summed E-state index contributed by atoms with van der Waals surface area (Å²) in [5.74, 6) is 2.03. The predicted octanol–water partition coefficient (Wildman–Crippen LogP) is 3.02. The molecule has 6 nitrogen and oxygen atoms in total. The molecule has 1 aliphatic heterocycles.